The Balaban J connectivity index is 1.83. The number of hydrogen-bond donors (Lipinski definition) is 1. The summed E-state index contributed by atoms with van der Waals surface area (Å²) in [5.41, 5.74) is 5.40. The highest BCUT2D eigenvalue weighted by atomic mass is 32.1. The molecule has 1 unspecified atom stereocenters. The van der Waals surface area contributed by atoms with Crippen LogP contribution in [0.5, 0.6) is 0 Å². The molecule has 29 heavy (non-hydrogen) atoms. The standard InChI is InChI=1S/C22H21N5OS/c1-23-19(28)12-13-27-14-15-29-22(27)25-24-20-17-10-6-7-11-18(17)26(2)21(20)16-8-4-3-5-9-16/h3-11,14-15H,12-13H2,1-2H3/p+1. The number of nitrogens with one attached hydrogen (secondary N) is 1. The highest BCUT2D eigenvalue weighted by molar-refractivity contribution is 7.06. The molecule has 2 heterocycles. The van der Waals surface area contributed by atoms with Gasteiger partial charge in [-0.1, -0.05) is 35.1 Å². The van der Waals surface area contributed by atoms with Crippen LogP contribution in [0.3, 0.4) is 0 Å². The number of aryl methyl sites for hydroxylation is 1. The van der Waals surface area contributed by atoms with Gasteiger partial charge in [0.1, 0.15) is 11.9 Å². The number of hydrogen-bond acceptors (Lipinski definition) is 4. The number of para-hydroxylation sites is 1. The maximum atomic E-state index is 11.5. The molecule has 7 heteroatoms. The summed E-state index contributed by atoms with van der Waals surface area (Å²) in [7, 11) is 3.66. The van der Waals surface area contributed by atoms with E-state index in [-0.39, 0.29) is 5.90 Å². The Kier molecular flexibility index (Phi) is 5.53. The van der Waals surface area contributed by atoms with Crippen LogP contribution in [-0.2, 0) is 6.54 Å². The molecule has 1 N–H and O–H groups in total. The summed E-state index contributed by atoms with van der Waals surface area (Å²) in [6, 6.07) is 18.6. The van der Waals surface area contributed by atoms with Crippen LogP contribution < -0.4 is 14.8 Å². The van der Waals surface area contributed by atoms with Crippen LogP contribution in [0.25, 0.3) is 11.4 Å². The summed E-state index contributed by atoms with van der Waals surface area (Å²) in [4.78, 5) is 10.2. The Hall–Kier alpha value is -3.25. The van der Waals surface area contributed by atoms with Gasteiger partial charge in [0.2, 0.25) is 0 Å². The smallest absolute Gasteiger partial charge is 0.464 e. The van der Waals surface area contributed by atoms with E-state index in [9.17, 15) is 5.11 Å². The summed E-state index contributed by atoms with van der Waals surface area (Å²) in [5.74, 6) is -0.115. The van der Waals surface area contributed by atoms with Gasteiger partial charge < -0.3 is 10.1 Å². The second kappa shape index (κ2) is 8.41. The van der Waals surface area contributed by atoms with E-state index >= 15 is 0 Å². The third kappa shape index (κ3) is 3.84. The van der Waals surface area contributed by atoms with Crippen molar-refractivity contribution < 1.29 is 14.8 Å². The fourth-order valence-corrected chi connectivity index (χ4v) is 4.20. The number of fused-ring (bicyclic) bond motifs is 1. The molecule has 0 spiro atoms. The van der Waals surface area contributed by atoms with Gasteiger partial charge in [0, 0.05) is 35.6 Å². The normalized spacial score (nSPS) is 15.9. The molecule has 4 rings (SSSR count). The fraction of sp³-hybridized carbons (Fsp3) is 0.182. The predicted molar refractivity (Wildman–Crippen MR) is 112 cm³/mol. The average molecular weight is 405 g/mol. The topological polar surface area (TPSA) is 71.2 Å². The van der Waals surface area contributed by atoms with Crippen molar-refractivity contribution in [3.63, 3.8) is 0 Å². The molecular weight excluding hydrogens is 382 g/mol. The van der Waals surface area contributed by atoms with Crippen molar-refractivity contribution in [1.82, 2.24) is 4.57 Å². The quantitative estimate of drug-likeness (QED) is 0.298. The first kappa shape index (κ1) is 19.1. The molecule has 0 fully saturated rings. The lowest BCUT2D eigenvalue weighted by Crippen LogP contribution is -3.00. The molecule has 6 nitrogen and oxygen atoms in total. The van der Waals surface area contributed by atoms with E-state index in [1.165, 1.54) is 29.0 Å². The van der Waals surface area contributed by atoms with Crippen LogP contribution in [0.15, 0.2) is 76.3 Å². The molecule has 0 aliphatic carbocycles. The second-order valence-corrected chi connectivity index (χ2v) is 7.58. The average Bonchev–Trinajstić information content (AvgIpc) is 3.33. The summed E-state index contributed by atoms with van der Waals surface area (Å²) in [6.45, 7) is 0.542. The van der Waals surface area contributed by atoms with Gasteiger partial charge >= 0.3 is 4.80 Å². The van der Waals surface area contributed by atoms with E-state index in [1.807, 2.05) is 46.5 Å². The molecule has 2 aromatic carbocycles. The molecule has 1 aliphatic rings. The Morgan fingerprint density at radius 2 is 1.90 bits per heavy atom. The van der Waals surface area contributed by atoms with Gasteiger partial charge in [0.25, 0.3) is 0 Å². The molecule has 0 amide bonds. The van der Waals surface area contributed by atoms with E-state index in [0.717, 1.165) is 27.3 Å². The molecule has 1 atom stereocenters. The number of aliphatic imine (C=N–C) groups is 1. The molecular formula is C22H22N5OS+. The minimum Gasteiger partial charge on any atom is -0.862 e. The molecule has 0 saturated heterocycles. The lowest BCUT2D eigenvalue weighted by atomic mass is 10.1. The van der Waals surface area contributed by atoms with Gasteiger partial charge in [-0.15, -0.1) is 0 Å². The van der Waals surface area contributed by atoms with Crippen LogP contribution in [0, 0.1) is 0 Å². The molecule has 146 valence electrons. The Morgan fingerprint density at radius 1 is 1.14 bits per heavy atom. The zero-order valence-corrected chi connectivity index (χ0v) is 17.2. The summed E-state index contributed by atoms with van der Waals surface area (Å²) in [5, 5.41) is 18.2. The van der Waals surface area contributed by atoms with Crippen molar-refractivity contribution in [3.8, 4) is 0 Å². The number of benzene rings is 2. The predicted octanol–water partition coefficient (Wildman–Crippen LogP) is 1.58. The van der Waals surface area contributed by atoms with Crippen LogP contribution in [0.2, 0.25) is 0 Å². The van der Waals surface area contributed by atoms with Gasteiger partial charge in [-0.05, 0) is 35.4 Å². The summed E-state index contributed by atoms with van der Waals surface area (Å²) >= 11 is 1.50. The Bertz CT molecular complexity index is 1180. The number of thiazole rings is 1. The molecule has 0 saturated carbocycles. The zero-order chi connectivity index (χ0) is 20.2. The fourth-order valence-electron chi connectivity index (χ4n) is 3.49. The maximum Gasteiger partial charge on any atom is 0.464 e. The Morgan fingerprint density at radius 3 is 2.69 bits per heavy atom. The molecule has 3 aromatic rings. The Labute approximate surface area is 173 Å². The van der Waals surface area contributed by atoms with E-state index in [1.54, 1.807) is 0 Å². The summed E-state index contributed by atoms with van der Waals surface area (Å²) < 4.78 is 1.94. The van der Waals surface area contributed by atoms with E-state index in [4.69, 9.17) is 0 Å². The van der Waals surface area contributed by atoms with Gasteiger partial charge in [0.05, 0.1) is 19.2 Å². The first-order chi connectivity index (χ1) is 14.2. The third-order valence-electron chi connectivity index (χ3n) is 4.97. The van der Waals surface area contributed by atoms with E-state index in [0.29, 0.717) is 13.0 Å². The number of aromatic nitrogens is 1. The first-order valence-corrected chi connectivity index (χ1v) is 10.3. The van der Waals surface area contributed by atoms with Crippen molar-refractivity contribution >= 4 is 34.3 Å². The van der Waals surface area contributed by atoms with Crippen LogP contribution in [0.4, 0.5) is 5.69 Å². The van der Waals surface area contributed by atoms with Crippen LogP contribution in [0.1, 0.15) is 17.5 Å². The molecule has 0 radical (unpaired) electrons. The number of rotatable bonds is 5. The van der Waals surface area contributed by atoms with E-state index < -0.39 is 0 Å². The largest absolute Gasteiger partial charge is 0.862 e. The SMILES string of the molecule is CN=C([O-])CCn1ccsc1=[N+]=NC1=C(c2ccccc2)[NH+](C)c2ccccc21. The van der Waals surface area contributed by atoms with E-state index in [2.05, 4.69) is 46.2 Å². The van der Waals surface area contributed by atoms with Crippen molar-refractivity contribution in [3.05, 3.63) is 82.1 Å². The molecule has 1 aromatic heterocycles. The zero-order valence-electron chi connectivity index (χ0n) is 16.4. The minimum absolute atomic E-state index is 0.115. The van der Waals surface area contributed by atoms with Crippen LogP contribution >= 0.6 is 11.3 Å². The van der Waals surface area contributed by atoms with Crippen molar-refractivity contribution in [2.45, 2.75) is 13.0 Å². The third-order valence-corrected chi connectivity index (χ3v) is 5.76. The number of quaternary nitrogens is 1. The van der Waals surface area contributed by atoms with Gasteiger partial charge in [-0.2, -0.15) is 0 Å². The number of nitrogens with zero attached hydrogens (tertiary/aromatic N) is 4. The van der Waals surface area contributed by atoms with Crippen molar-refractivity contribution in [2.24, 2.45) is 10.1 Å². The van der Waals surface area contributed by atoms with Crippen molar-refractivity contribution in [1.29, 1.82) is 0 Å². The lowest BCUT2D eigenvalue weighted by Gasteiger charge is -2.10. The maximum absolute atomic E-state index is 11.5. The van der Waals surface area contributed by atoms with Crippen molar-refractivity contribution in [2.75, 3.05) is 14.1 Å². The first-order valence-electron chi connectivity index (χ1n) is 9.43. The molecule has 1 aliphatic heterocycles. The molecule has 0 bridgehead atoms. The van der Waals surface area contributed by atoms with Gasteiger partial charge in [-0.25, -0.2) is 4.57 Å². The highest BCUT2D eigenvalue weighted by Gasteiger charge is 2.34. The van der Waals surface area contributed by atoms with Gasteiger partial charge in [0.15, 0.2) is 11.4 Å². The second-order valence-electron chi connectivity index (χ2n) is 6.71. The monoisotopic (exact) mass is 404 g/mol. The minimum atomic E-state index is -0.115. The highest BCUT2D eigenvalue weighted by Crippen LogP contribution is 2.33. The van der Waals surface area contributed by atoms with Crippen LogP contribution in [-0.4, -0.2) is 29.4 Å². The summed E-state index contributed by atoms with van der Waals surface area (Å²) in [6.07, 6.45) is 2.28. The van der Waals surface area contributed by atoms with Gasteiger partial charge in [-0.3, -0.25) is 4.90 Å². The lowest BCUT2D eigenvalue weighted by molar-refractivity contribution is -0.724.